The monoisotopic (exact) mass is 366 g/mol. The number of rotatable bonds is 5. The summed E-state index contributed by atoms with van der Waals surface area (Å²) >= 11 is 0. The molecule has 0 saturated carbocycles. The first-order valence-electron chi connectivity index (χ1n) is 7.81. The number of nitrogen functional groups attached to an aromatic ring is 1. The largest absolute Gasteiger partial charge is 0.501 e. The summed E-state index contributed by atoms with van der Waals surface area (Å²) in [5.74, 6) is -0.553. The highest BCUT2D eigenvalue weighted by molar-refractivity contribution is 5.92. The minimum atomic E-state index is -0.597. The van der Waals surface area contributed by atoms with Crippen molar-refractivity contribution in [2.75, 3.05) is 18.1 Å². The SMILES string of the molecule is CNC(=O)c1cc(Oc2ccc(Nc3cc(O)c#cc3N)c(F)c2)ccn1. The Morgan fingerprint density at radius 3 is 2.70 bits per heavy atom. The smallest absolute Gasteiger partial charge is 0.269 e. The van der Waals surface area contributed by atoms with Gasteiger partial charge in [-0.3, -0.25) is 9.78 Å². The van der Waals surface area contributed by atoms with Crippen LogP contribution in [-0.2, 0) is 0 Å². The minimum absolute atomic E-state index is 0.133. The van der Waals surface area contributed by atoms with Crippen molar-refractivity contribution < 1.29 is 19.0 Å². The van der Waals surface area contributed by atoms with Crippen LogP contribution in [0.2, 0.25) is 0 Å². The van der Waals surface area contributed by atoms with Gasteiger partial charge in [-0.05, 0) is 30.3 Å². The van der Waals surface area contributed by atoms with Crippen LogP contribution >= 0.6 is 0 Å². The highest BCUT2D eigenvalue weighted by Gasteiger charge is 2.10. The molecule has 1 heterocycles. The molecule has 3 aromatic rings. The fourth-order valence-corrected chi connectivity index (χ4v) is 2.22. The second-order valence-corrected chi connectivity index (χ2v) is 5.43. The number of amides is 1. The summed E-state index contributed by atoms with van der Waals surface area (Å²) < 4.78 is 20.0. The Labute approximate surface area is 154 Å². The number of carbonyl (C=O) groups excluding carboxylic acids is 1. The van der Waals surface area contributed by atoms with Crippen molar-refractivity contribution in [2.24, 2.45) is 0 Å². The molecular formula is C19H15FN4O3. The second kappa shape index (κ2) is 7.49. The average molecular weight is 366 g/mol. The molecule has 8 heteroatoms. The molecule has 1 aromatic heterocycles. The number of aromatic nitrogens is 1. The van der Waals surface area contributed by atoms with Crippen molar-refractivity contribution in [2.45, 2.75) is 0 Å². The van der Waals surface area contributed by atoms with E-state index < -0.39 is 5.82 Å². The van der Waals surface area contributed by atoms with E-state index in [-0.39, 0.29) is 34.5 Å². The molecule has 136 valence electrons. The fraction of sp³-hybridized carbons (Fsp3) is 0.0526. The van der Waals surface area contributed by atoms with Crippen LogP contribution in [0.15, 0.2) is 42.6 Å². The molecular weight excluding hydrogens is 351 g/mol. The zero-order valence-electron chi connectivity index (χ0n) is 14.2. The van der Waals surface area contributed by atoms with Crippen molar-refractivity contribution in [3.05, 3.63) is 66.2 Å². The van der Waals surface area contributed by atoms with Crippen LogP contribution in [0.5, 0.6) is 17.2 Å². The van der Waals surface area contributed by atoms with Gasteiger partial charge in [0.05, 0.1) is 11.4 Å². The van der Waals surface area contributed by atoms with Gasteiger partial charge in [-0.2, -0.15) is 0 Å². The van der Waals surface area contributed by atoms with Gasteiger partial charge in [0.2, 0.25) is 0 Å². The normalized spacial score (nSPS) is 10.0. The fourth-order valence-electron chi connectivity index (χ4n) is 2.22. The number of hydrogen-bond acceptors (Lipinski definition) is 6. The Morgan fingerprint density at radius 2 is 1.96 bits per heavy atom. The molecule has 5 N–H and O–H groups in total. The van der Waals surface area contributed by atoms with Gasteiger partial charge in [-0.15, -0.1) is 0 Å². The zero-order valence-corrected chi connectivity index (χ0v) is 14.2. The number of benzene rings is 1. The number of hydrogen-bond donors (Lipinski definition) is 4. The highest BCUT2D eigenvalue weighted by atomic mass is 19.1. The molecule has 0 aliphatic rings. The summed E-state index contributed by atoms with van der Waals surface area (Å²) in [4.78, 5) is 15.5. The van der Waals surface area contributed by atoms with Crippen molar-refractivity contribution in [1.29, 1.82) is 0 Å². The first kappa shape index (κ1) is 17.8. The second-order valence-electron chi connectivity index (χ2n) is 5.43. The Kier molecular flexibility index (Phi) is 4.95. The lowest BCUT2D eigenvalue weighted by Crippen LogP contribution is -2.18. The molecule has 0 saturated heterocycles. The van der Waals surface area contributed by atoms with Crippen LogP contribution in [-0.4, -0.2) is 23.0 Å². The number of nitrogens with two attached hydrogens (primary N) is 1. The third-order valence-electron chi connectivity index (χ3n) is 3.53. The lowest BCUT2D eigenvalue weighted by molar-refractivity contribution is 0.0958. The first-order valence-corrected chi connectivity index (χ1v) is 7.81. The van der Waals surface area contributed by atoms with Gasteiger partial charge >= 0.3 is 0 Å². The molecule has 3 rings (SSSR count). The van der Waals surface area contributed by atoms with Crippen LogP contribution in [0.1, 0.15) is 10.5 Å². The number of anilines is 3. The molecule has 0 aliphatic heterocycles. The summed E-state index contributed by atoms with van der Waals surface area (Å²) in [7, 11) is 1.49. The molecule has 0 atom stereocenters. The van der Waals surface area contributed by atoms with Crippen molar-refractivity contribution >= 4 is 23.0 Å². The van der Waals surface area contributed by atoms with Gasteiger partial charge < -0.3 is 26.2 Å². The van der Waals surface area contributed by atoms with Crippen LogP contribution in [0.25, 0.3) is 0 Å². The van der Waals surface area contributed by atoms with E-state index in [1.807, 2.05) is 0 Å². The van der Waals surface area contributed by atoms with E-state index in [4.69, 9.17) is 10.5 Å². The highest BCUT2D eigenvalue weighted by Crippen LogP contribution is 2.29. The summed E-state index contributed by atoms with van der Waals surface area (Å²) in [5.41, 5.74) is 6.52. The van der Waals surface area contributed by atoms with Gasteiger partial charge in [0.1, 0.15) is 28.7 Å². The van der Waals surface area contributed by atoms with Gasteiger partial charge in [0, 0.05) is 31.4 Å². The zero-order chi connectivity index (χ0) is 19.4. The summed E-state index contributed by atoms with van der Waals surface area (Å²) in [6, 6.07) is 13.4. The average Bonchev–Trinajstić information content (AvgIpc) is 2.66. The van der Waals surface area contributed by atoms with Gasteiger partial charge in [-0.1, -0.05) is 0 Å². The number of nitrogens with zero attached hydrogens (tertiary/aromatic N) is 1. The summed E-state index contributed by atoms with van der Waals surface area (Å²) in [6.07, 6.45) is 1.42. The van der Waals surface area contributed by atoms with E-state index in [0.717, 1.165) is 0 Å². The molecule has 0 bridgehead atoms. The molecule has 0 spiro atoms. The number of aromatic hydroxyl groups is 1. The van der Waals surface area contributed by atoms with Gasteiger partial charge in [0.25, 0.3) is 5.91 Å². The van der Waals surface area contributed by atoms with E-state index in [0.29, 0.717) is 11.4 Å². The Balaban J connectivity index is 1.79. The molecule has 2 aromatic carbocycles. The van der Waals surface area contributed by atoms with Crippen molar-refractivity contribution in [3.63, 3.8) is 0 Å². The lowest BCUT2D eigenvalue weighted by atomic mass is 10.2. The minimum Gasteiger partial charge on any atom is -0.501 e. The molecule has 27 heavy (non-hydrogen) atoms. The van der Waals surface area contributed by atoms with Crippen LogP contribution < -0.4 is 21.1 Å². The number of nitrogens with one attached hydrogen (secondary N) is 2. The number of halogens is 1. The summed E-state index contributed by atoms with van der Waals surface area (Å²) in [6.45, 7) is 0. The van der Waals surface area contributed by atoms with E-state index in [1.54, 1.807) is 12.1 Å². The van der Waals surface area contributed by atoms with Gasteiger partial charge in [-0.25, -0.2) is 4.39 Å². The molecule has 7 nitrogen and oxygen atoms in total. The Hall–Kier alpha value is -3.99. The predicted octanol–water partition coefficient (Wildman–Crippen LogP) is 3.00. The third-order valence-corrected chi connectivity index (χ3v) is 3.53. The van der Waals surface area contributed by atoms with E-state index in [9.17, 15) is 14.3 Å². The Morgan fingerprint density at radius 1 is 1.19 bits per heavy atom. The lowest BCUT2D eigenvalue weighted by Gasteiger charge is -2.11. The van der Waals surface area contributed by atoms with E-state index >= 15 is 0 Å². The third kappa shape index (κ3) is 4.16. The van der Waals surface area contributed by atoms with Crippen LogP contribution in [0.4, 0.5) is 21.5 Å². The Bertz CT molecular complexity index is 994. The number of pyridine rings is 1. The maximum Gasteiger partial charge on any atom is 0.269 e. The molecule has 1 amide bonds. The number of carbonyl (C=O) groups is 1. The van der Waals surface area contributed by atoms with E-state index in [1.165, 1.54) is 37.5 Å². The number of ether oxygens (including phenoxy) is 1. The standard InChI is InChI=1S/C19H15FN4O3/c1-22-19(26)18-10-13(6-7-23-18)27-12-3-5-16(14(20)9-12)24-17-8-11(25)2-4-15(17)21/h3,5-10,24-25H,21H2,1H3,(H,22,26). The van der Waals surface area contributed by atoms with Gasteiger partial charge in [0.15, 0.2) is 5.75 Å². The molecule has 0 aliphatic carbocycles. The first-order chi connectivity index (χ1) is 13.0. The molecule has 0 fully saturated rings. The van der Waals surface area contributed by atoms with E-state index in [2.05, 4.69) is 27.8 Å². The van der Waals surface area contributed by atoms with Crippen LogP contribution in [0.3, 0.4) is 0 Å². The van der Waals surface area contributed by atoms with Crippen molar-refractivity contribution in [3.8, 4) is 17.2 Å². The predicted molar refractivity (Wildman–Crippen MR) is 97.6 cm³/mol. The topological polar surface area (TPSA) is 110 Å². The summed E-state index contributed by atoms with van der Waals surface area (Å²) in [5, 5.41) is 14.7. The quantitative estimate of drug-likeness (QED) is 0.553. The van der Waals surface area contributed by atoms with Crippen LogP contribution in [0, 0.1) is 17.9 Å². The molecule has 0 radical (unpaired) electrons. The van der Waals surface area contributed by atoms with Crippen molar-refractivity contribution in [1.82, 2.24) is 10.3 Å². The maximum atomic E-state index is 14.4. The molecule has 0 unspecified atom stereocenters. The maximum absolute atomic E-state index is 14.4.